The van der Waals surface area contributed by atoms with Gasteiger partial charge in [-0.05, 0) is 44.8 Å². The van der Waals surface area contributed by atoms with Crippen LogP contribution in [0, 0.1) is 0 Å². The molecule has 0 bridgehead atoms. The maximum Gasteiger partial charge on any atom is 0.120 e. The SMILES string of the molecule is CC/C=C(/C)C(OCCC)=C(C)C. The molecule has 0 aliphatic heterocycles. The molecule has 0 rings (SSSR count). The molecule has 13 heavy (non-hydrogen) atoms. The average Bonchev–Trinajstić information content (AvgIpc) is 2.05. The summed E-state index contributed by atoms with van der Waals surface area (Å²) in [5.41, 5.74) is 2.52. The van der Waals surface area contributed by atoms with Gasteiger partial charge in [0.05, 0.1) is 6.61 Å². The monoisotopic (exact) mass is 182 g/mol. The van der Waals surface area contributed by atoms with Gasteiger partial charge in [-0.3, -0.25) is 0 Å². The van der Waals surface area contributed by atoms with Crippen molar-refractivity contribution in [1.82, 2.24) is 0 Å². The lowest BCUT2D eigenvalue weighted by Gasteiger charge is -2.12. The molecule has 76 valence electrons. The predicted molar refractivity (Wildman–Crippen MR) is 58.7 cm³/mol. The number of hydrogen-bond donors (Lipinski definition) is 0. The molecule has 0 saturated carbocycles. The van der Waals surface area contributed by atoms with Crippen LogP contribution >= 0.6 is 0 Å². The molecule has 1 nitrogen and oxygen atoms in total. The average molecular weight is 182 g/mol. The van der Waals surface area contributed by atoms with Gasteiger partial charge in [-0.2, -0.15) is 0 Å². The van der Waals surface area contributed by atoms with Crippen LogP contribution in [0.15, 0.2) is 23.0 Å². The summed E-state index contributed by atoms with van der Waals surface area (Å²) >= 11 is 0. The molecule has 1 heteroatoms. The summed E-state index contributed by atoms with van der Waals surface area (Å²) in [7, 11) is 0. The van der Waals surface area contributed by atoms with Crippen LogP contribution in [0.4, 0.5) is 0 Å². The normalized spacial score (nSPS) is 11.3. The van der Waals surface area contributed by atoms with E-state index in [0.717, 1.165) is 25.2 Å². The van der Waals surface area contributed by atoms with Crippen molar-refractivity contribution in [3.63, 3.8) is 0 Å². The van der Waals surface area contributed by atoms with Crippen LogP contribution in [0.25, 0.3) is 0 Å². The highest BCUT2D eigenvalue weighted by Gasteiger charge is 2.02. The van der Waals surface area contributed by atoms with Crippen molar-refractivity contribution in [3.8, 4) is 0 Å². The zero-order valence-electron chi connectivity index (χ0n) is 9.61. The fraction of sp³-hybridized carbons (Fsp3) is 0.667. The molecule has 0 saturated heterocycles. The van der Waals surface area contributed by atoms with Crippen molar-refractivity contribution < 1.29 is 4.74 Å². The molecule has 0 amide bonds. The van der Waals surface area contributed by atoms with Crippen LogP contribution in [-0.4, -0.2) is 6.61 Å². The molecule has 0 aromatic rings. The molecule has 0 spiro atoms. The lowest BCUT2D eigenvalue weighted by Crippen LogP contribution is -1.97. The van der Waals surface area contributed by atoms with E-state index in [0.29, 0.717) is 0 Å². The third-order valence-corrected chi connectivity index (χ3v) is 1.77. The Labute approximate surface area is 82.5 Å². The van der Waals surface area contributed by atoms with Gasteiger partial charge in [0.15, 0.2) is 0 Å². The lowest BCUT2D eigenvalue weighted by molar-refractivity contribution is 0.217. The highest BCUT2D eigenvalue weighted by molar-refractivity contribution is 5.27. The standard InChI is InChI=1S/C12H22O/c1-6-8-11(5)12(10(3)4)13-9-7-2/h8H,6-7,9H2,1-5H3/b11-8-. The van der Waals surface area contributed by atoms with Gasteiger partial charge in [0, 0.05) is 0 Å². The summed E-state index contributed by atoms with van der Waals surface area (Å²) in [4.78, 5) is 0. The van der Waals surface area contributed by atoms with E-state index in [1.807, 2.05) is 0 Å². The van der Waals surface area contributed by atoms with E-state index in [-0.39, 0.29) is 0 Å². The Bertz CT molecular complexity index is 195. The van der Waals surface area contributed by atoms with E-state index >= 15 is 0 Å². The third-order valence-electron chi connectivity index (χ3n) is 1.77. The van der Waals surface area contributed by atoms with Gasteiger partial charge in [0.2, 0.25) is 0 Å². The van der Waals surface area contributed by atoms with E-state index in [1.54, 1.807) is 0 Å². The smallest absolute Gasteiger partial charge is 0.120 e. The molecule has 0 aliphatic carbocycles. The zero-order chi connectivity index (χ0) is 10.3. The van der Waals surface area contributed by atoms with Crippen LogP contribution in [0.3, 0.4) is 0 Å². The quantitative estimate of drug-likeness (QED) is 0.460. The zero-order valence-corrected chi connectivity index (χ0v) is 9.61. The first-order chi connectivity index (χ1) is 6.13. The summed E-state index contributed by atoms with van der Waals surface area (Å²) < 4.78 is 5.68. The van der Waals surface area contributed by atoms with E-state index in [2.05, 4.69) is 40.7 Å². The Morgan fingerprint density at radius 2 is 1.77 bits per heavy atom. The van der Waals surface area contributed by atoms with Gasteiger partial charge < -0.3 is 4.74 Å². The van der Waals surface area contributed by atoms with E-state index in [1.165, 1.54) is 11.1 Å². The molecule has 0 atom stereocenters. The topological polar surface area (TPSA) is 9.23 Å². The molecular formula is C12H22O. The first kappa shape index (κ1) is 12.3. The minimum absolute atomic E-state index is 0.815. The Morgan fingerprint density at radius 1 is 1.15 bits per heavy atom. The summed E-state index contributed by atoms with van der Waals surface area (Å²) in [5, 5.41) is 0. The van der Waals surface area contributed by atoms with E-state index in [9.17, 15) is 0 Å². The number of allylic oxidation sites excluding steroid dienone is 3. The fourth-order valence-corrected chi connectivity index (χ4v) is 1.26. The van der Waals surface area contributed by atoms with E-state index < -0.39 is 0 Å². The largest absolute Gasteiger partial charge is 0.493 e. The minimum Gasteiger partial charge on any atom is -0.493 e. The number of hydrogen-bond acceptors (Lipinski definition) is 1. The highest BCUT2D eigenvalue weighted by Crippen LogP contribution is 2.16. The number of rotatable bonds is 5. The summed E-state index contributed by atoms with van der Waals surface area (Å²) in [6, 6.07) is 0. The fourth-order valence-electron chi connectivity index (χ4n) is 1.26. The van der Waals surface area contributed by atoms with Crippen LogP contribution in [-0.2, 0) is 4.74 Å². The predicted octanol–water partition coefficient (Wildman–Crippen LogP) is 4.06. The van der Waals surface area contributed by atoms with Gasteiger partial charge in [-0.15, -0.1) is 0 Å². The first-order valence-electron chi connectivity index (χ1n) is 5.10. The van der Waals surface area contributed by atoms with Crippen molar-refractivity contribution in [2.75, 3.05) is 6.61 Å². The second-order valence-corrected chi connectivity index (χ2v) is 3.47. The lowest BCUT2D eigenvalue weighted by atomic mass is 10.1. The molecular weight excluding hydrogens is 160 g/mol. The second-order valence-electron chi connectivity index (χ2n) is 3.47. The Balaban J connectivity index is 4.45. The van der Waals surface area contributed by atoms with Gasteiger partial charge >= 0.3 is 0 Å². The van der Waals surface area contributed by atoms with Crippen molar-refractivity contribution in [3.05, 3.63) is 23.0 Å². The van der Waals surface area contributed by atoms with Gasteiger partial charge in [0.1, 0.15) is 5.76 Å². The molecule has 0 aromatic carbocycles. The first-order valence-corrected chi connectivity index (χ1v) is 5.10. The van der Waals surface area contributed by atoms with Crippen LogP contribution in [0.1, 0.15) is 47.5 Å². The van der Waals surface area contributed by atoms with E-state index in [4.69, 9.17) is 4.74 Å². The Hall–Kier alpha value is -0.720. The molecule has 0 unspecified atom stereocenters. The van der Waals surface area contributed by atoms with Crippen molar-refractivity contribution in [2.45, 2.75) is 47.5 Å². The van der Waals surface area contributed by atoms with Crippen molar-refractivity contribution >= 4 is 0 Å². The molecule has 0 fully saturated rings. The van der Waals surface area contributed by atoms with Crippen molar-refractivity contribution in [2.24, 2.45) is 0 Å². The number of ether oxygens (including phenoxy) is 1. The Kier molecular flexibility index (Phi) is 6.38. The minimum atomic E-state index is 0.815. The second kappa shape index (κ2) is 6.76. The molecule has 0 N–H and O–H groups in total. The maximum absolute atomic E-state index is 5.68. The van der Waals surface area contributed by atoms with Crippen LogP contribution in [0.2, 0.25) is 0 Å². The summed E-state index contributed by atoms with van der Waals surface area (Å²) in [6.45, 7) is 11.4. The summed E-state index contributed by atoms with van der Waals surface area (Å²) in [6.07, 6.45) is 4.34. The van der Waals surface area contributed by atoms with Crippen LogP contribution in [0.5, 0.6) is 0 Å². The maximum atomic E-state index is 5.68. The van der Waals surface area contributed by atoms with Crippen molar-refractivity contribution in [1.29, 1.82) is 0 Å². The van der Waals surface area contributed by atoms with Crippen LogP contribution < -0.4 is 0 Å². The van der Waals surface area contributed by atoms with Gasteiger partial charge in [-0.1, -0.05) is 19.9 Å². The Morgan fingerprint density at radius 3 is 2.15 bits per heavy atom. The third kappa shape index (κ3) is 4.76. The van der Waals surface area contributed by atoms with Gasteiger partial charge in [-0.25, -0.2) is 0 Å². The highest BCUT2D eigenvalue weighted by atomic mass is 16.5. The molecule has 0 heterocycles. The summed E-state index contributed by atoms with van der Waals surface area (Å²) in [5.74, 6) is 1.07. The molecule has 0 aromatic heterocycles. The molecule has 0 aliphatic rings. The van der Waals surface area contributed by atoms with Gasteiger partial charge in [0.25, 0.3) is 0 Å². The molecule has 0 radical (unpaired) electrons.